The van der Waals surface area contributed by atoms with Gasteiger partial charge in [-0.1, -0.05) is 20.8 Å². The second kappa shape index (κ2) is 10.1. The highest BCUT2D eigenvalue weighted by atomic mass is 127. The topological polar surface area (TPSA) is 99.8 Å². The Morgan fingerprint density at radius 1 is 1.37 bits per heavy atom. The number of aromatic nitrogens is 1. The van der Waals surface area contributed by atoms with Gasteiger partial charge >= 0.3 is 0 Å². The van der Waals surface area contributed by atoms with Crippen LogP contribution in [-0.2, 0) is 22.0 Å². The third-order valence-corrected chi connectivity index (χ3v) is 6.36. The summed E-state index contributed by atoms with van der Waals surface area (Å²) in [4.78, 5) is 8.53. The first-order valence-electron chi connectivity index (χ1n) is 9.06. The van der Waals surface area contributed by atoms with Crippen molar-refractivity contribution >= 4 is 40.0 Å². The summed E-state index contributed by atoms with van der Waals surface area (Å²) in [5, 5.41) is 6.55. The summed E-state index contributed by atoms with van der Waals surface area (Å²) in [6.07, 6.45) is 3.28. The summed E-state index contributed by atoms with van der Waals surface area (Å²) < 4.78 is 31.2. The lowest BCUT2D eigenvalue weighted by Gasteiger charge is -2.32. The number of hydrogen-bond donors (Lipinski definition) is 2. The van der Waals surface area contributed by atoms with E-state index in [1.54, 1.807) is 24.5 Å². The van der Waals surface area contributed by atoms with Gasteiger partial charge in [0, 0.05) is 31.6 Å². The number of nitrogens with one attached hydrogen (secondary N) is 2. The minimum Gasteiger partial charge on any atom is -0.443 e. The summed E-state index contributed by atoms with van der Waals surface area (Å²) in [5.74, 6) is 2.28. The molecule has 1 saturated heterocycles. The fourth-order valence-corrected chi connectivity index (χ4v) is 3.88. The van der Waals surface area contributed by atoms with Gasteiger partial charge in [0.2, 0.25) is 15.9 Å². The Morgan fingerprint density at radius 3 is 2.48 bits per heavy atom. The van der Waals surface area contributed by atoms with E-state index in [0.717, 1.165) is 18.6 Å². The molecular weight excluding hydrogens is 481 g/mol. The molecule has 0 saturated carbocycles. The largest absolute Gasteiger partial charge is 0.443 e. The molecule has 0 unspecified atom stereocenters. The molecule has 2 rings (SSSR count). The number of oxazole rings is 1. The average Bonchev–Trinajstić information content (AvgIpc) is 3.08. The molecule has 8 nitrogen and oxygen atoms in total. The van der Waals surface area contributed by atoms with E-state index in [1.165, 1.54) is 0 Å². The SMILES string of the molecule is CCS(=O)(=O)N1CCC(NC(=NC)NCc2ncc(C(C)(C)C)o2)CC1.I. The Bertz CT molecular complexity index is 719. The van der Waals surface area contributed by atoms with Crippen molar-refractivity contribution in [1.82, 2.24) is 19.9 Å². The van der Waals surface area contributed by atoms with Crippen LogP contribution in [0.3, 0.4) is 0 Å². The van der Waals surface area contributed by atoms with E-state index in [1.807, 2.05) is 0 Å². The van der Waals surface area contributed by atoms with Gasteiger partial charge in [0.05, 0.1) is 18.5 Å². The number of sulfonamides is 1. The molecule has 2 heterocycles. The molecule has 156 valence electrons. The van der Waals surface area contributed by atoms with E-state index in [-0.39, 0.29) is 41.2 Å². The summed E-state index contributed by atoms with van der Waals surface area (Å²) in [7, 11) is -1.39. The van der Waals surface area contributed by atoms with Crippen LogP contribution < -0.4 is 10.6 Å². The molecule has 1 aromatic heterocycles. The minimum absolute atomic E-state index is 0. The molecule has 1 fully saturated rings. The van der Waals surface area contributed by atoms with Crippen LogP contribution in [0.4, 0.5) is 0 Å². The number of rotatable bonds is 5. The molecule has 1 aromatic rings. The summed E-state index contributed by atoms with van der Waals surface area (Å²) >= 11 is 0. The highest BCUT2D eigenvalue weighted by Gasteiger charge is 2.27. The van der Waals surface area contributed by atoms with Gasteiger partial charge in [0.15, 0.2) is 5.96 Å². The van der Waals surface area contributed by atoms with E-state index in [2.05, 4.69) is 41.4 Å². The molecular formula is C17H32IN5O3S. The normalized spacial score (nSPS) is 17.4. The van der Waals surface area contributed by atoms with Crippen molar-refractivity contribution in [2.45, 2.75) is 58.5 Å². The van der Waals surface area contributed by atoms with Crippen LogP contribution in [0.15, 0.2) is 15.6 Å². The quantitative estimate of drug-likeness (QED) is 0.355. The third-order valence-electron chi connectivity index (χ3n) is 4.48. The van der Waals surface area contributed by atoms with E-state index in [4.69, 9.17) is 4.42 Å². The standard InChI is InChI=1S/C17H31N5O3S.HI/c1-6-26(23,24)22-9-7-13(8-10-22)21-16(18-5)20-12-15-19-11-14(25-15)17(2,3)4;/h11,13H,6-10,12H2,1-5H3,(H2,18,20,21);1H. The molecule has 0 amide bonds. The Kier molecular flexibility index (Phi) is 9.00. The zero-order valence-electron chi connectivity index (χ0n) is 16.8. The Hall–Kier alpha value is -0.880. The lowest BCUT2D eigenvalue weighted by atomic mass is 9.94. The van der Waals surface area contributed by atoms with Crippen LogP contribution in [0, 0.1) is 0 Å². The van der Waals surface area contributed by atoms with Crippen LogP contribution in [0.5, 0.6) is 0 Å². The molecule has 0 radical (unpaired) electrons. The molecule has 10 heteroatoms. The van der Waals surface area contributed by atoms with Gasteiger partial charge in [-0.05, 0) is 19.8 Å². The second-order valence-electron chi connectivity index (χ2n) is 7.51. The molecule has 0 aromatic carbocycles. The summed E-state index contributed by atoms with van der Waals surface area (Å²) in [6, 6.07) is 0.194. The van der Waals surface area contributed by atoms with Crippen LogP contribution in [0.25, 0.3) is 0 Å². The highest BCUT2D eigenvalue weighted by Crippen LogP contribution is 2.22. The monoisotopic (exact) mass is 513 g/mol. The van der Waals surface area contributed by atoms with Crippen LogP contribution in [0.1, 0.15) is 52.2 Å². The molecule has 0 aliphatic carbocycles. The van der Waals surface area contributed by atoms with Gasteiger partial charge < -0.3 is 15.1 Å². The lowest BCUT2D eigenvalue weighted by molar-refractivity contribution is 0.306. The maximum absolute atomic E-state index is 11.9. The van der Waals surface area contributed by atoms with Crippen LogP contribution >= 0.6 is 24.0 Å². The molecule has 27 heavy (non-hydrogen) atoms. The summed E-state index contributed by atoms with van der Waals surface area (Å²) in [6.45, 7) is 9.44. The maximum Gasteiger partial charge on any atom is 0.213 e. The van der Waals surface area contributed by atoms with Crippen molar-refractivity contribution in [1.29, 1.82) is 0 Å². The number of guanidine groups is 1. The van der Waals surface area contributed by atoms with E-state index in [0.29, 0.717) is 31.5 Å². The first kappa shape index (κ1) is 24.2. The van der Waals surface area contributed by atoms with Crippen molar-refractivity contribution in [3.63, 3.8) is 0 Å². The van der Waals surface area contributed by atoms with Gasteiger partial charge in [0.1, 0.15) is 5.76 Å². The minimum atomic E-state index is -3.10. The van der Waals surface area contributed by atoms with Crippen molar-refractivity contribution < 1.29 is 12.8 Å². The lowest BCUT2D eigenvalue weighted by Crippen LogP contribution is -2.49. The fourth-order valence-electron chi connectivity index (χ4n) is 2.75. The number of nitrogens with zero attached hydrogens (tertiary/aromatic N) is 3. The number of halogens is 1. The zero-order valence-corrected chi connectivity index (χ0v) is 19.9. The van der Waals surface area contributed by atoms with Gasteiger partial charge in [0.25, 0.3) is 0 Å². The predicted molar refractivity (Wildman–Crippen MR) is 118 cm³/mol. The Morgan fingerprint density at radius 2 is 2.00 bits per heavy atom. The molecule has 1 aliphatic heterocycles. The zero-order chi connectivity index (χ0) is 19.4. The van der Waals surface area contributed by atoms with Crippen molar-refractivity contribution in [2.75, 3.05) is 25.9 Å². The van der Waals surface area contributed by atoms with Gasteiger partial charge in [-0.2, -0.15) is 0 Å². The van der Waals surface area contributed by atoms with Gasteiger partial charge in [-0.3, -0.25) is 4.99 Å². The smallest absolute Gasteiger partial charge is 0.213 e. The van der Waals surface area contributed by atoms with Crippen LogP contribution in [0.2, 0.25) is 0 Å². The fraction of sp³-hybridized carbons (Fsp3) is 0.765. The molecule has 0 bridgehead atoms. The van der Waals surface area contributed by atoms with Crippen molar-refractivity contribution in [3.8, 4) is 0 Å². The number of aliphatic imine (C=N–C) groups is 1. The first-order chi connectivity index (χ1) is 12.2. The van der Waals surface area contributed by atoms with Crippen molar-refractivity contribution in [2.24, 2.45) is 4.99 Å². The second-order valence-corrected chi connectivity index (χ2v) is 9.77. The van der Waals surface area contributed by atoms with Gasteiger partial charge in [-0.15, -0.1) is 24.0 Å². The van der Waals surface area contributed by atoms with E-state index < -0.39 is 10.0 Å². The molecule has 1 aliphatic rings. The highest BCUT2D eigenvalue weighted by molar-refractivity contribution is 14.0. The molecule has 0 spiro atoms. The average molecular weight is 513 g/mol. The predicted octanol–water partition coefficient (Wildman–Crippen LogP) is 2.07. The number of hydrogen-bond acceptors (Lipinski definition) is 5. The van der Waals surface area contributed by atoms with Gasteiger partial charge in [-0.25, -0.2) is 17.7 Å². The number of piperidine rings is 1. The molecule has 2 N–H and O–H groups in total. The first-order valence-corrected chi connectivity index (χ1v) is 10.7. The summed E-state index contributed by atoms with van der Waals surface area (Å²) in [5.41, 5.74) is -0.0715. The van der Waals surface area contributed by atoms with E-state index in [9.17, 15) is 8.42 Å². The maximum atomic E-state index is 11.9. The van der Waals surface area contributed by atoms with Crippen molar-refractivity contribution in [3.05, 3.63) is 17.8 Å². The molecule has 0 atom stereocenters. The van der Waals surface area contributed by atoms with E-state index >= 15 is 0 Å². The van der Waals surface area contributed by atoms with Crippen LogP contribution in [-0.4, -0.2) is 55.6 Å². The Labute approximate surface area is 179 Å². The third kappa shape index (κ3) is 6.90. The Balaban J connectivity index is 0.00000364.